The summed E-state index contributed by atoms with van der Waals surface area (Å²) in [6.45, 7) is 11.5. The van der Waals surface area contributed by atoms with Crippen LogP contribution in [0.15, 0.2) is 12.3 Å². The molecule has 0 aromatic carbocycles. The first-order valence-electron chi connectivity index (χ1n) is 8.49. The number of methoxy groups -OCH3 is 1. The third-order valence-corrected chi connectivity index (χ3v) is 15.0. The van der Waals surface area contributed by atoms with Gasteiger partial charge in [-0.3, -0.25) is 0 Å². The van der Waals surface area contributed by atoms with Gasteiger partial charge >= 0.3 is 0 Å². The molecule has 8 heteroatoms. The summed E-state index contributed by atoms with van der Waals surface area (Å²) in [6.07, 6.45) is 7.11. The highest BCUT2D eigenvalue weighted by molar-refractivity contribution is 8.33. The summed E-state index contributed by atoms with van der Waals surface area (Å²) in [6, 6.07) is 1.88. The largest absolute Gasteiger partial charge is 0.481 e. The van der Waals surface area contributed by atoms with Crippen LogP contribution in [-0.2, 0) is 11.0 Å². The topological polar surface area (TPSA) is 51.6 Å². The van der Waals surface area contributed by atoms with E-state index in [1.54, 1.807) is 48.6 Å². The summed E-state index contributed by atoms with van der Waals surface area (Å²) >= 11 is 4.96. The summed E-state index contributed by atoms with van der Waals surface area (Å²) in [7, 11) is -0.322. The Labute approximate surface area is 172 Å². The molecule has 1 rings (SSSR count). The third kappa shape index (κ3) is 5.14. The van der Waals surface area contributed by atoms with Crippen LogP contribution >= 0.6 is 35.3 Å². The summed E-state index contributed by atoms with van der Waals surface area (Å²) in [4.78, 5) is 4.34. The second kappa shape index (κ2) is 9.56. The number of aliphatic hydroxyl groups excluding tert-OH is 1. The van der Waals surface area contributed by atoms with Gasteiger partial charge in [-0.05, 0) is 48.5 Å². The lowest BCUT2D eigenvalue weighted by molar-refractivity contribution is 0.182. The number of hydrogen-bond donors (Lipinski definition) is 1. The summed E-state index contributed by atoms with van der Waals surface area (Å²) in [5.41, 5.74) is 1.67. The quantitative estimate of drug-likeness (QED) is 0.412. The maximum absolute atomic E-state index is 11.2. The van der Waals surface area contributed by atoms with E-state index < -0.39 is 17.8 Å². The highest BCUT2D eigenvalue weighted by Crippen LogP contribution is 2.53. The van der Waals surface area contributed by atoms with Crippen LogP contribution in [0.1, 0.15) is 38.0 Å². The number of hydrogen-bond acceptors (Lipinski definition) is 7. The normalized spacial score (nSPS) is 14.4. The van der Waals surface area contributed by atoms with Gasteiger partial charge in [0, 0.05) is 11.8 Å². The van der Waals surface area contributed by atoms with Gasteiger partial charge in [0.2, 0.25) is 5.88 Å². The Kier molecular flexibility index (Phi) is 8.89. The van der Waals surface area contributed by atoms with E-state index in [1.165, 1.54) is 0 Å². The van der Waals surface area contributed by atoms with Crippen LogP contribution in [0, 0.1) is 0 Å². The molecule has 1 aromatic rings. The SMILES string of the molecule is COc1nccc(C(O)C(SC)(SC)SC)c1CO[Si](C)(C)C(C)(C)C. The Balaban J connectivity index is 3.31. The molecule has 0 spiro atoms. The van der Waals surface area contributed by atoms with Crippen LogP contribution in [0.5, 0.6) is 5.88 Å². The molecule has 0 radical (unpaired) electrons. The van der Waals surface area contributed by atoms with E-state index in [9.17, 15) is 5.11 Å². The molecule has 0 fully saturated rings. The lowest BCUT2D eigenvalue weighted by Crippen LogP contribution is -2.40. The average molecular weight is 436 g/mol. The smallest absolute Gasteiger partial charge is 0.218 e. The molecule has 1 heterocycles. The van der Waals surface area contributed by atoms with Crippen LogP contribution in [0.2, 0.25) is 18.1 Å². The zero-order chi connectivity index (χ0) is 20.2. The van der Waals surface area contributed by atoms with E-state index in [4.69, 9.17) is 9.16 Å². The number of rotatable bonds is 9. The van der Waals surface area contributed by atoms with Crippen LogP contribution in [0.3, 0.4) is 0 Å². The molecule has 0 amide bonds. The molecule has 0 aliphatic heterocycles. The predicted molar refractivity (Wildman–Crippen MR) is 121 cm³/mol. The van der Waals surface area contributed by atoms with Gasteiger partial charge in [-0.2, -0.15) is 0 Å². The molecule has 0 saturated heterocycles. The molecular weight excluding hydrogens is 402 g/mol. The van der Waals surface area contributed by atoms with Crippen LogP contribution in [-0.4, -0.2) is 47.7 Å². The highest BCUT2D eigenvalue weighted by Gasteiger charge is 2.40. The van der Waals surface area contributed by atoms with Crippen molar-refractivity contribution in [3.8, 4) is 5.88 Å². The number of thioether (sulfide) groups is 3. The number of aliphatic hydroxyl groups is 1. The van der Waals surface area contributed by atoms with Crippen molar-refractivity contribution in [1.29, 1.82) is 0 Å². The number of aromatic nitrogens is 1. The Morgan fingerprint density at radius 1 is 1.15 bits per heavy atom. The summed E-state index contributed by atoms with van der Waals surface area (Å²) < 4.78 is 11.5. The van der Waals surface area contributed by atoms with E-state index in [-0.39, 0.29) is 5.04 Å². The maximum Gasteiger partial charge on any atom is 0.218 e. The summed E-state index contributed by atoms with van der Waals surface area (Å²) in [5.74, 6) is 0.525. The fraction of sp³-hybridized carbons (Fsp3) is 0.722. The molecule has 150 valence electrons. The van der Waals surface area contributed by atoms with Gasteiger partial charge in [-0.15, -0.1) is 35.3 Å². The molecule has 1 unspecified atom stereocenters. The molecule has 1 N–H and O–H groups in total. The van der Waals surface area contributed by atoms with Gasteiger partial charge < -0.3 is 14.3 Å². The van der Waals surface area contributed by atoms with Crippen molar-refractivity contribution in [2.75, 3.05) is 25.9 Å². The molecule has 1 aromatic heterocycles. The lowest BCUT2D eigenvalue weighted by Gasteiger charge is -2.37. The van der Waals surface area contributed by atoms with Gasteiger partial charge in [0.1, 0.15) is 9.52 Å². The molecule has 0 aliphatic rings. The van der Waals surface area contributed by atoms with Crippen molar-refractivity contribution in [1.82, 2.24) is 4.98 Å². The Hall–Kier alpha value is 0.137. The van der Waals surface area contributed by atoms with Gasteiger partial charge in [0.15, 0.2) is 8.32 Å². The van der Waals surface area contributed by atoms with Gasteiger partial charge in [-0.1, -0.05) is 20.8 Å². The van der Waals surface area contributed by atoms with Crippen LogP contribution in [0.25, 0.3) is 0 Å². The predicted octanol–water partition coefficient (Wildman–Crippen LogP) is 5.39. The van der Waals surface area contributed by atoms with E-state index in [0.717, 1.165) is 11.1 Å². The van der Waals surface area contributed by atoms with Crippen LogP contribution < -0.4 is 4.74 Å². The van der Waals surface area contributed by atoms with E-state index in [0.29, 0.717) is 12.5 Å². The average Bonchev–Trinajstić information content (AvgIpc) is 2.60. The molecule has 0 aliphatic carbocycles. The number of pyridine rings is 1. The van der Waals surface area contributed by atoms with E-state index >= 15 is 0 Å². The Morgan fingerprint density at radius 2 is 1.69 bits per heavy atom. The third-order valence-electron chi connectivity index (χ3n) is 5.11. The minimum absolute atomic E-state index is 0.114. The molecular formula is C18H33NO3S3Si. The first-order valence-corrected chi connectivity index (χ1v) is 15.1. The van der Waals surface area contributed by atoms with E-state index in [1.807, 2.05) is 24.8 Å². The highest BCUT2D eigenvalue weighted by atomic mass is 32.3. The van der Waals surface area contributed by atoms with Gasteiger partial charge in [-0.25, -0.2) is 4.98 Å². The molecule has 0 saturated carbocycles. The molecule has 4 nitrogen and oxygen atoms in total. The van der Waals surface area contributed by atoms with Crippen molar-refractivity contribution in [3.05, 3.63) is 23.4 Å². The first kappa shape index (κ1) is 24.2. The maximum atomic E-state index is 11.2. The van der Waals surface area contributed by atoms with E-state index in [2.05, 4.69) is 38.8 Å². The molecule has 0 bridgehead atoms. The minimum atomic E-state index is -1.93. The van der Waals surface area contributed by atoms with Gasteiger partial charge in [0.25, 0.3) is 0 Å². The zero-order valence-electron chi connectivity index (χ0n) is 17.4. The lowest BCUT2D eigenvalue weighted by atomic mass is 10.1. The van der Waals surface area contributed by atoms with Gasteiger partial charge in [0.05, 0.1) is 13.7 Å². The Morgan fingerprint density at radius 3 is 2.12 bits per heavy atom. The zero-order valence-corrected chi connectivity index (χ0v) is 20.8. The first-order chi connectivity index (χ1) is 12.0. The standard InChI is InChI=1S/C18H33NO3S3Si/c1-17(2,3)26(8,9)22-12-14-13(10-11-19-16(14)21-4)15(20)18(23-5,24-6)25-7/h10-11,15,20H,12H2,1-9H3. The second-order valence-electron chi connectivity index (χ2n) is 7.56. The van der Waals surface area contributed by atoms with Crippen molar-refractivity contribution in [2.45, 2.75) is 55.0 Å². The number of nitrogens with zero attached hydrogens (tertiary/aromatic N) is 1. The van der Waals surface area contributed by atoms with Crippen molar-refractivity contribution in [2.24, 2.45) is 0 Å². The molecule has 1 atom stereocenters. The second-order valence-corrected chi connectivity index (χ2v) is 16.3. The van der Waals surface area contributed by atoms with Crippen molar-refractivity contribution < 1.29 is 14.3 Å². The Bertz CT molecular complexity index is 581. The fourth-order valence-corrected chi connectivity index (χ4v) is 6.30. The van der Waals surface area contributed by atoms with Crippen molar-refractivity contribution >= 4 is 43.6 Å². The van der Waals surface area contributed by atoms with Crippen LogP contribution in [0.4, 0.5) is 0 Å². The van der Waals surface area contributed by atoms with Crippen molar-refractivity contribution in [3.63, 3.8) is 0 Å². The minimum Gasteiger partial charge on any atom is -0.481 e. The fourth-order valence-electron chi connectivity index (χ4n) is 2.31. The summed E-state index contributed by atoms with van der Waals surface area (Å²) in [5, 5.41) is 11.3. The monoisotopic (exact) mass is 435 g/mol. The number of ether oxygens (including phenoxy) is 1. The molecule has 26 heavy (non-hydrogen) atoms.